The molecule has 0 saturated carbocycles. The van der Waals surface area contributed by atoms with E-state index < -0.39 is 16.1 Å². The Hall–Kier alpha value is -0.460. The molecule has 112 valence electrons. The average molecular weight is 290 g/mol. The van der Waals surface area contributed by atoms with Gasteiger partial charge in [0.15, 0.2) is 0 Å². The number of nitrogens with zero attached hydrogens (tertiary/aromatic N) is 1. The lowest BCUT2D eigenvalue weighted by Gasteiger charge is -2.32. The van der Waals surface area contributed by atoms with Crippen LogP contribution in [0.4, 0.5) is 0 Å². The lowest BCUT2D eigenvalue weighted by molar-refractivity contribution is -0.123. The molecule has 0 aromatic rings. The third kappa shape index (κ3) is 4.85. The fourth-order valence-electron chi connectivity index (χ4n) is 2.39. The molecule has 0 spiro atoms. The van der Waals surface area contributed by atoms with E-state index in [1.54, 1.807) is 0 Å². The van der Waals surface area contributed by atoms with Crippen LogP contribution in [-0.2, 0) is 14.8 Å². The van der Waals surface area contributed by atoms with Gasteiger partial charge < -0.3 is 5.73 Å². The summed E-state index contributed by atoms with van der Waals surface area (Å²) in [4.78, 5) is 12.1. The molecule has 1 heterocycles. The molecule has 2 atom stereocenters. The van der Waals surface area contributed by atoms with Gasteiger partial charge in [-0.05, 0) is 24.2 Å². The number of piperidine rings is 1. The maximum atomic E-state index is 12.1. The van der Waals surface area contributed by atoms with Crippen LogP contribution in [0.1, 0.15) is 40.0 Å². The summed E-state index contributed by atoms with van der Waals surface area (Å²) >= 11 is 0. The highest BCUT2D eigenvalue weighted by atomic mass is 32.2. The number of sulfonamides is 1. The smallest absolute Gasteiger partial charge is 0.211 e. The molecule has 0 radical (unpaired) electrons. The molecule has 0 bridgehead atoms. The summed E-state index contributed by atoms with van der Waals surface area (Å²) in [6.45, 7) is 6.84. The molecular formula is C13H26N2O3S. The van der Waals surface area contributed by atoms with E-state index in [0.717, 1.165) is 12.8 Å². The van der Waals surface area contributed by atoms with Gasteiger partial charge in [0.2, 0.25) is 10.0 Å². The highest BCUT2D eigenvalue weighted by Crippen LogP contribution is 2.25. The van der Waals surface area contributed by atoms with Crippen LogP contribution in [0.3, 0.4) is 0 Å². The Morgan fingerprint density at radius 2 is 2.00 bits per heavy atom. The van der Waals surface area contributed by atoms with Crippen LogP contribution in [0.2, 0.25) is 0 Å². The molecule has 1 rings (SSSR count). The summed E-state index contributed by atoms with van der Waals surface area (Å²) in [5.74, 6) is 0.136. The minimum atomic E-state index is -3.15. The first-order valence-corrected chi connectivity index (χ1v) is 8.60. The van der Waals surface area contributed by atoms with Gasteiger partial charge in [-0.1, -0.05) is 20.8 Å². The largest absolute Gasteiger partial charge is 0.321 e. The van der Waals surface area contributed by atoms with E-state index in [2.05, 4.69) is 0 Å². The zero-order valence-electron chi connectivity index (χ0n) is 12.3. The highest BCUT2D eigenvalue weighted by molar-refractivity contribution is 7.88. The second kappa shape index (κ2) is 5.89. The maximum Gasteiger partial charge on any atom is 0.211 e. The molecule has 2 N–H and O–H groups in total. The predicted molar refractivity (Wildman–Crippen MR) is 76.2 cm³/mol. The molecule has 0 aliphatic carbocycles. The standard InChI is InChI=1S/C13H26N2O3S/c1-13(2,3)12(14)11(16)8-10-6-5-7-15(9-10)19(4,17)18/h10,12H,5-9,14H2,1-4H3. The normalized spacial score (nSPS) is 24.2. The number of carbonyl (C=O) groups excluding carboxylic acids is 1. The summed E-state index contributed by atoms with van der Waals surface area (Å²) in [5.41, 5.74) is 5.70. The minimum absolute atomic E-state index is 0.0350. The van der Waals surface area contributed by atoms with Crippen molar-refractivity contribution in [1.82, 2.24) is 4.31 Å². The molecular weight excluding hydrogens is 264 g/mol. The molecule has 5 nitrogen and oxygen atoms in total. The number of hydrogen-bond acceptors (Lipinski definition) is 4. The van der Waals surface area contributed by atoms with Crippen LogP contribution in [0.25, 0.3) is 0 Å². The Kier molecular flexibility index (Phi) is 5.15. The molecule has 6 heteroatoms. The van der Waals surface area contributed by atoms with Gasteiger partial charge in [-0.25, -0.2) is 12.7 Å². The molecule has 1 saturated heterocycles. The molecule has 1 aliphatic rings. The topological polar surface area (TPSA) is 80.5 Å². The molecule has 2 unspecified atom stereocenters. The second-order valence-electron chi connectivity index (χ2n) is 6.64. The monoisotopic (exact) mass is 290 g/mol. The van der Waals surface area contributed by atoms with Crippen LogP contribution in [0.15, 0.2) is 0 Å². The van der Waals surface area contributed by atoms with E-state index in [4.69, 9.17) is 5.73 Å². The molecule has 0 aromatic heterocycles. The Labute approximate surface area is 116 Å². The lowest BCUT2D eigenvalue weighted by atomic mass is 9.81. The first kappa shape index (κ1) is 16.6. The van der Waals surface area contributed by atoms with E-state index >= 15 is 0 Å². The van der Waals surface area contributed by atoms with Crippen LogP contribution in [0.5, 0.6) is 0 Å². The number of hydrogen-bond donors (Lipinski definition) is 1. The van der Waals surface area contributed by atoms with E-state index in [9.17, 15) is 13.2 Å². The average Bonchev–Trinajstić information content (AvgIpc) is 2.26. The minimum Gasteiger partial charge on any atom is -0.321 e. The zero-order valence-corrected chi connectivity index (χ0v) is 13.2. The Balaban J connectivity index is 2.61. The number of nitrogens with two attached hydrogens (primary N) is 1. The van der Waals surface area contributed by atoms with Gasteiger partial charge in [0.25, 0.3) is 0 Å². The summed E-state index contributed by atoms with van der Waals surface area (Å²) in [5, 5.41) is 0. The Morgan fingerprint density at radius 3 is 2.47 bits per heavy atom. The quantitative estimate of drug-likeness (QED) is 0.837. The fourth-order valence-corrected chi connectivity index (χ4v) is 3.33. The van der Waals surface area contributed by atoms with Gasteiger partial charge in [0.05, 0.1) is 12.3 Å². The Bertz CT molecular complexity index is 426. The molecule has 1 aliphatic heterocycles. The van der Waals surface area contributed by atoms with Gasteiger partial charge in [-0.2, -0.15) is 0 Å². The van der Waals surface area contributed by atoms with E-state index in [1.807, 2.05) is 20.8 Å². The van der Waals surface area contributed by atoms with Gasteiger partial charge in [-0.15, -0.1) is 0 Å². The SMILES string of the molecule is CC(C)(C)C(N)C(=O)CC1CCCN(S(C)(=O)=O)C1. The first-order valence-electron chi connectivity index (χ1n) is 6.75. The molecule has 19 heavy (non-hydrogen) atoms. The number of carbonyl (C=O) groups is 1. The van der Waals surface area contributed by atoms with E-state index in [0.29, 0.717) is 19.5 Å². The number of Topliss-reactive ketones (excluding diaryl/α,β-unsaturated/α-hetero) is 1. The van der Waals surface area contributed by atoms with Gasteiger partial charge in [0.1, 0.15) is 5.78 Å². The fraction of sp³-hybridized carbons (Fsp3) is 0.923. The number of ketones is 1. The van der Waals surface area contributed by atoms with Crippen LogP contribution >= 0.6 is 0 Å². The predicted octanol–water partition coefficient (Wildman–Crippen LogP) is 0.991. The van der Waals surface area contributed by atoms with Crippen molar-refractivity contribution in [2.24, 2.45) is 17.1 Å². The van der Waals surface area contributed by atoms with E-state index in [-0.39, 0.29) is 17.1 Å². The Morgan fingerprint density at radius 1 is 1.42 bits per heavy atom. The third-order valence-electron chi connectivity index (χ3n) is 3.72. The van der Waals surface area contributed by atoms with Crippen molar-refractivity contribution in [3.05, 3.63) is 0 Å². The molecule has 0 aromatic carbocycles. The summed E-state index contributed by atoms with van der Waals surface area (Å²) < 4.78 is 24.5. The molecule has 0 amide bonds. The van der Waals surface area contributed by atoms with Crippen LogP contribution in [-0.4, -0.2) is 43.9 Å². The van der Waals surface area contributed by atoms with Crippen molar-refractivity contribution >= 4 is 15.8 Å². The third-order valence-corrected chi connectivity index (χ3v) is 4.99. The summed E-state index contributed by atoms with van der Waals surface area (Å²) in [6, 6.07) is -0.485. The van der Waals surface area contributed by atoms with E-state index in [1.165, 1.54) is 10.6 Å². The van der Waals surface area contributed by atoms with Crippen molar-refractivity contribution in [2.75, 3.05) is 19.3 Å². The van der Waals surface area contributed by atoms with Crippen molar-refractivity contribution in [2.45, 2.75) is 46.1 Å². The van der Waals surface area contributed by atoms with Crippen molar-refractivity contribution in [1.29, 1.82) is 0 Å². The van der Waals surface area contributed by atoms with Crippen molar-refractivity contribution in [3.8, 4) is 0 Å². The van der Waals surface area contributed by atoms with Crippen molar-refractivity contribution in [3.63, 3.8) is 0 Å². The van der Waals surface area contributed by atoms with Crippen LogP contribution < -0.4 is 5.73 Å². The summed E-state index contributed by atoms with van der Waals surface area (Å²) in [7, 11) is -3.15. The van der Waals surface area contributed by atoms with Crippen LogP contribution in [0, 0.1) is 11.3 Å². The molecule has 1 fully saturated rings. The summed E-state index contributed by atoms with van der Waals surface area (Å²) in [6.07, 6.45) is 3.31. The van der Waals surface area contributed by atoms with Gasteiger partial charge >= 0.3 is 0 Å². The van der Waals surface area contributed by atoms with Gasteiger partial charge in [0, 0.05) is 19.5 Å². The van der Waals surface area contributed by atoms with Gasteiger partial charge in [-0.3, -0.25) is 4.79 Å². The highest BCUT2D eigenvalue weighted by Gasteiger charge is 2.32. The lowest BCUT2D eigenvalue weighted by Crippen LogP contribution is -2.45. The first-order chi connectivity index (χ1) is 8.51. The van der Waals surface area contributed by atoms with Crippen molar-refractivity contribution < 1.29 is 13.2 Å². The zero-order chi connectivity index (χ0) is 14.8. The number of rotatable bonds is 4. The maximum absolute atomic E-state index is 12.1. The second-order valence-corrected chi connectivity index (χ2v) is 8.63.